The van der Waals surface area contributed by atoms with Crippen LogP contribution < -0.4 is 0 Å². The molecule has 1 aromatic carbocycles. The highest BCUT2D eigenvalue weighted by Crippen LogP contribution is 2.44. The van der Waals surface area contributed by atoms with E-state index in [0.717, 1.165) is 0 Å². The average Bonchev–Trinajstić information content (AvgIpc) is 2.55. The quantitative estimate of drug-likeness (QED) is 0.882. The molecule has 0 bridgehead atoms. The lowest BCUT2D eigenvalue weighted by Gasteiger charge is -2.31. The largest absolute Gasteiger partial charge is 0.390 e. The third-order valence-corrected chi connectivity index (χ3v) is 4.61. The van der Waals surface area contributed by atoms with Crippen LogP contribution in [0.2, 0.25) is 10.0 Å². The maximum absolute atomic E-state index is 10.5. The van der Waals surface area contributed by atoms with E-state index in [1.54, 1.807) is 25.1 Å². The minimum absolute atomic E-state index is 0.308. The van der Waals surface area contributed by atoms with E-state index < -0.39 is 23.7 Å². The van der Waals surface area contributed by atoms with Gasteiger partial charge in [-0.1, -0.05) is 43.1 Å². The zero-order valence-corrected chi connectivity index (χ0v) is 12.6. The molecule has 1 aromatic rings. The number of hydrogen-bond donors (Lipinski definition) is 2. The van der Waals surface area contributed by atoms with Crippen LogP contribution in [-0.4, -0.2) is 28.5 Å². The first-order valence-corrected chi connectivity index (χ1v) is 6.97. The highest BCUT2D eigenvalue weighted by molar-refractivity contribution is 6.42. The number of ether oxygens (including phenoxy) is 1. The fourth-order valence-corrected chi connectivity index (χ4v) is 2.91. The van der Waals surface area contributed by atoms with Crippen molar-refractivity contribution >= 4 is 23.2 Å². The first-order valence-electron chi connectivity index (χ1n) is 6.21. The van der Waals surface area contributed by atoms with Crippen molar-refractivity contribution in [3.05, 3.63) is 33.8 Å². The van der Waals surface area contributed by atoms with Crippen molar-refractivity contribution in [1.29, 1.82) is 0 Å². The molecule has 19 heavy (non-hydrogen) atoms. The molecule has 0 aliphatic carbocycles. The molecule has 4 atom stereocenters. The summed E-state index contributed by atoms with van der Waals surface area (Å²) in [4.78, 5) is 0. The van der Waals surface area contributed by atoms with Gasteiger partial charge in [-0.25, -0.2) is 0 Å². The van der Waals surface area contributed by atoms with E-state index in [1.165, 1.54) is 0 Å². The van der Waals surface area contributed by atoms with Crippen molar-refractivity contribution in [3.8, 4) is 0 Å². The molecule has 0 aromatic heterocycles. The molecule has 0 saturated carbocycles. The van der Waals surface area contributed by atoms with Gasteiger partial charge in [0.25, 0.3) is 0 Å². The van der Waals surface area contributed by atoms with Crippen LogP contribution in [0.25, 0.3) is 0 Å². The van der Waals surface area contributed by atoms with Gasteiger partial charge in [-0.15, -0.1) is 0 Å². The Morgan fingerprint density at radius 1 is 1.26 bits per heavy atom. The molecule has 2 N–H and O–H groups in total. The van der Waals surface area contributed by atoms with Gasteiger partial charge in [-0.3, -0.25) is 0 Å². The first kappa shape index (κ1) is 15.1. The normalized spacial score (nSPS) is 31.4. The van der Waals surface area contributed by atoms with Gasteiger partial charge in [0.05, 0.1) is 28.4 Å². The molecule has 0 amide bonds. The smallest absolute Gasteiger partial charge is 0.106 e. The van der Waals surface area contributed by atoms with Crippen LogP contribution >= 0.6 is 23.2 Å². The second kappa shape index (κ2) is 5.23. The van der Waals surface area contributed by atoms with Crippen LogP contribution in [0.4, 0.5) is 0 Å². The second-order valence-corrected chi connectivity index (χ2v) is 6.46. The van der Waals surface area contributed by atoms with Gasteiger partial charge in [0.2, 0.25) is 0 Å². The predicted octanol–water partition coefficient (Wildman–Crippen LogP) is 3.20. The Kier molecular flexibility index (Phi) is 4.15. The predicted molar refractivity (Wildman–Crippen MR) is 75.5 cm³/mol. The average molecular weight is 305 g/mol. The molecule has 1 fully saturated rings. The molecule has 1 aliphatic rings. The molecular weight excluding hydrogens is 287 g/mol. The molecule has 1 aliphatic heterocycles. The summed E-state index contributed by atoms with van der Waals surface area (Å²) in [6.45, 7) is 5.56. The molecule has 0 spiro atoms. The molecule has 1 saturated heterocycles. The fraction of sp³-hybridized carbons (Fsp3) is 0.571. The Labute approximate surface area is 123 Å². The van der Waals surface area contributed by atoms with E-state index in [4.69, 9.17) is 27.9 Å². The third-order valence-electron chi connectivity index (χ3n) is 3.87. The van der Waals surface area contributed by atoms with Crippen molar-refractivity contribution in [1.82, 2.24) is 0 Å². The summed E-state index contributed by atoms with van der Waals surface area (Å²) >= 11 is 11.8. The number of rotatable bonds is 2. The maximum Gasteiger partial charge on any atom is 0.106 e. The van der Waals surface area contributed by atoms with Gasteiger partial charge in [0, 0.05) is 5.41 Å². The van der Waals surface area contributed by atoms with Gasteiger partial charge < -0.3 is 14.9 Å². The van der Waals surface area contributed by atoms with E-state index in [9.17, 15) is 10.2 Å². The van der Waals surface area contributed by atoms with Crippen molar-refractivity contribution < 1.29 is 14.9 Å². The Bertz CT molecular complexity index is 476. The van der Waals surface area contributed by atoms with Crippen molar-refractivity contribution in [2.45, 2.75) is 45.2 Å². The Morgan fingerprint density at radius 2 is 1.89 bits per heavy atom. The third kappa shape index (κ3) is 2.63. The Hall–Kier alpha value is -0.320. The van der Waals surface area contributed by atoms with Gasteiger partial charge in [0.15, 0.2) is 0 Å². The van der Waals surface area contributed by atoms with Crippen molar-refractivity contribution in [2.24, 2.45) is 5.41 Å². The summed E-state index contributed by atoms with van der Waals surface area (Å²) in [5.74, 6) is 0. The zero-order chi connectivity index (χ0) is 14.4. The number of hydrogen-bond acceptors (Lipinski definition) is 3. The van der Waals surface area contributed by atoms with E-state index in [0.29, 0.717) is 15.6 Å². The molecule has 3 nitrogen and oxygen atoms in total. The molecule has 2 rings (SSSR count). The summed E-state index contributed by atoms with van der Waals surface area (Å²) in [6.07, 6.45) is -2.27. The number of aliphatic hydroxyl groups excluding tert-OH is 2. The molecular formula is C14H18Cl2O3. The Morgan fingerprint density at radius 3 is 2.37 bits per heavy atom. The van der Waals surface area contributed by atoms with Gasteiger partial charge >= 0.3 is 0 Å². The van der Waals surface area contributed by atoms with E-state index in [-0.39, 0.29) is 6.10 Å². The minimum atomic E-state index is -0.857. The highest BCUT2D eigenvalue weighted by Gasteiger charge is 2.51. The summed E-state index contributed by atoms with van der Waals surface area (Å²) < 4.78 is 5.70. The van der Waals surface area contributed by atoms with Crippen molar-refractivity contribution in [3.63, 3.8) is 0 Å². The lowest BCUT2D eigenvalue weighted by molar-refractivity contribution is -0.0599. The summed E-state index contributed by atoms with van der Waals surface area (Å²) in [6, 6.07) is 4.99. The number of aliphatic hydroxyl groups is 2. The topological polar surface area (TPSA) is 49.7 Å². The fourth-order valence-electron chi connectivity index (χ4n) is 2.61. The number of halogens is 2. The van der Waals surface area contributed by atoms with Gasteiger partial charge in [0.1, 0.15) is 6.10 Å². The highest BCUT2D eigenvalue weighted by atomic mass is 35.5. The summed E-state index contributed by atoms with van der Waals surface area (Å²) in [5.41, 5.74) is 0.0964. The standard InChI is InChI=1S/C14H18Cl2O3/c1-7-12(18)14(2,3)13(19-7)11(17)8-4-5-9(15)10(16)6-8/h4-7,11-13,17-18H,1-3H3/t7-,11+,12-,13+/m0/s1. The molecule has 106 valence electrons. The van der Waals surface area contributed by atoms with Crippen LogP contribution in [0.15, 0.2) is 18.2 Å². The van der Waals surface area contributed by atoms with E-state index >= 15 is 0 Å². The van der Waals surface area contributed by atoms with Crippen LogP contribution in [0.5, 0.6) is 0 Å². The Balaban J connectivity index is 2.29. The minimum Gasteiger partial charge on any atom is -0.390 e. The van der Waals surface area contributed by atoms with Crippen LogP contribution in [-0.2, 0) is 4.74 Å². The van der Waals surface area contributed by atoms with Crippen molar-refractivity contribution in [2.75, 3.05) is 0 Å². The van der Waals surface area contributed by atoms with E-state index in [1.807, 2.05) is 13.8 Å². The monoisotopic (exact) mass is 304 g/mol. The summed E-state index contributed by atoms with van der Waals surface area (Å²) in [5, 5.41) is 21.4. The molecule has 0 unspecified atom stereocenters. The van der Waals surface area contributed by atoms with Crippen LogP contribution in [0.1, 0.15) is 32.4 Å². The zero-order valence-electron chi connectivity index (χ0n) is 11.1. The van der Waals surface area contributed by atoms with Gasteiger partial charge in [-0.05, 0) is 24.6 Å². The molecule has 1 heterocycles. The first-order chi connectivity index (χ1) is 8.75. The lowest BCUT2D eigenvalue weighted by atomic mass is 9.78. The summed E-state index contributed by atoms with van der Waals surface area (Å²) in [7, 11) is 0. The van der Waals surface area contributed by atoms with Crippen LogP contribution in [0, 0.1) is 5.41 Å². The molecule has 0 radical (unpaired) electrons. The maximum atomic E-state index is 10.5. The number of benzene rings is 1. The van der Waals surface area contributed by atoms with Gasteiger partial charge in [-0.2, -0.15) is 0 Å². The van der Waals surface area contributed by atoms with E-state index in [2.05, 4.69) is 0 Å². The lowest BCUT2D eigenvalue weighted by Crippen LogP contribution is -2.38. The second-order valence-electron chi connectivity index (χ2n) is 5.65. The SMILES string of the molecule is C[C@@H]1O[C@H]([C@H](O)c2ccc(Cl)c(Cl)c2)C(C)(C)[C@H]1O. The molecule has 5 heteroatoms. The van der Waals surface area contributed by atoms with Crippen LogP contribution in [0.3, 0.4) is 0 Å².